The number of aromatic nitrogens is 2. The molecule has 3 rings (SSSR count). The Morgan fingerprint density at radius 1 is 1.11 bits per heavy atom. The summed E-state index contributed by atoms with van der Waals surface area (Å²) in [5.74, 6) is -1.77. The van der Waals surface area contributed by atoms with Gasteiger partial charge in [0.15, 0.2) is 0 Å². The van der Waals surface area contributed by atoms with E-state index in [1.807, 2.05) is 0 Å². The van der Waals surface area contributed by atoms with Crippen LogP contribution >= 0.6 is 0 Å². The van der Waals surface area contributed by atoms with Crippen molar-refractivity contribution in [2.75, 3.05) is 7.11 Å². The average Bonchev–Trinajstić information content (AvgIpc) is 3.08. The third kappa shape index (κ3) is 3.30. The van der Waals surface area contributed by atoms with Crippen LogP contribution in [0.4, 0.5) is 0 Å². The van der Waals surface area contributed by atoms with Gasteiger partial charge in [0.2, 0.25) is 0 Å². The Morgan fingerprint density at radius 2 is 1.78 bits per heavy atom. The Labute approximate surface area is 156 Å². The highest BCUT2D eigenvalue weighted by atomic mass is 16.6. The zero-order valence-electron chi connectivity index (χ0n) is 15.8. The van der Waals surface area contributed by atoms with Gasteiger partial charge >= 0.3 is 11.9 Å². The molecule has 1 aromatic heterocycles. The molecule has 8 heteroatoms. The third-order valence-electron chi connectivity index (χ3n) is 4.36. The van der Waals surface area contributed by atoms with Gasteiger partial charge in [-0.1, -0.05) is 12.1 Å². The van der Waals surface area contributed by atoms with Gasteiger partial charge in [-0.05, 0) is 49.6 Å². The van der Waals surface area contributed by atoms with Crippen molar-refractivity contribution in [1.82, 2.24) is 15.6 Å². The van der Waals surface area contributed by atoms with Gasteiger partial charge in [-0.25, -0.2) is 14.2 Å². The molecular weight excluding hydrogens is 349 g/mol. The summed E-state index contributed by atoms with van der Waals surface area (Å²) in [4.78, 5) is 25.5. The SMILES string of the molecule is CC1=C(C(=O)O[11CH3])C(c2cccc3nonc23)C(C(=O)OC(C)C)=C(C)N1. The van der Waals surface area contributed by atoms with Crippen LogP contribution in [-0.2, 0) is 19.1 Å². The van der Waals surface area contributed by atoms with Crippen LogP contribution in [0.25, 0.3) is 11.0 Å². The van der Waals surface area contributed by atoms with Crippen molar-refractivity contribution >= 4 is 23.0 Å². The first-order valence-electron chi connectivity index (χ1n) is 8.54. The first-order valence-corrected chi connectivity index (χ1v) is 8.54. The molecule has 1 N–H and O–H groups in total. The van der Waals surface area contributed by atoms with E-state index in [2.05, 4.69) is 15.6 Å². The van der Waals surface area contributed by atoms with Crippen LogP contribution in [0, 0.1) is 0 Å². The number of allylic oxidation sites excluding steroid dienone is 2. The number of nitrogens with zero attached hydrogens (tertiary/aromatic N) is 2. The molecule has 0 radical (unpaired) electrons. The number of dihydropyridines is 1. The average molecular weight is 370 g/mol. The molecule has 1 aliphatic rings. The molecule has 1 atom stereocenters. The minimum absolute atomic E-state index is 0.309. The monoisotopic (exact) mass is 370 g/mol. The maximum absolute atomic E-state index is 12.9. The third-order valence-corrected chi connectivity index (χ3v) is 4.36. The van der Waals surface area contributed by atoms with Gasteiger partial charge in [-0.2, -0.15) is 0 Å². The Balaban J connectivity index is 2.26. The number of hydrogen-bond acceptors (Lipinski definition) is 8. The van der Waals surface area contributed by atoms with Crippen molar-refractivity contribution < 1.29 is 23.7 Å². The molecular formula is C19H21N3O5. The van der Waals surface area contributed by atoms with E-state index in [0.29, 0.717) is 39.1 Å². The number of methoxy groups -OCH3 is 1. The fraction of sp³-hybridized carbons (Fsp3) is 0.368. The lowest BCUT2D eigenvalue weighted by molar-refractivity contribution is -0.143. The molecule has 0 aliphatic carbocycles. The van der Waals surface area contributed by atoms with Crippen molar-refractivity contribution in [3.8, 4) is 0 Å². The number of carbonyl (C=O) groups is 2. The molecule has 8 nitrogen and oxygen atoms in total. The Kier molecular flexibility index (Phi) is 4.98. The van der Waals surface area contributed by atoms with E-state index in [1.165, 1.54) is 7.11 Å². The lowest BCUT2D eigenvalue weighted by Gasteiger charge is -2.30. The molecule has 1 aromatic carbocycles. The summed E-state index contributed by atoms with van der Waals surface area (Å²) in [6.07, 6.45) is -0.309. The minimum atomic E-state index is -0.722. The molecule has 0 saturated heterocycles. The van der Waals surface area contributed by atoms with Crippen LogP contribution in [0.5, 0.6) is 0 Å². The van der Waals surface area contributed by atoms with Crippen molar-refractivity contribution in [2.45, 2.75) is 39.7 Å². The second kappa shape index (κ2) is 7.22. The summed E-state index contributed by atoms with van der Waals surface area (Å²) in [5, 5.41) is 10.9. The molecule has 0 saturated carbocycles. The summed E-state index contributed by atoms with van der Waals surface area (Å²) in [6, 6.07) is 5.30. The molecule has 0 bridgehead atoms. The number of benzene rings is 1. The summed E-state index contributed by atoms with van der Waals surface area (Å²) in [7, 11) is 1.30. The number of carbonyl (C=O) groups excluding carboxylic acids is 2. The number of nitrogens with one attached hydrogen (secondary N) is 1. The first-order chi connectivity index (χ1) is 12.8. The Morgan fingerprint density at radius 3 is 2.41 bits per heavy atom. The molecule has 2 aromatic rings. The van der Waals surface area contributed by atoms with E-state index in [0.717, 1.165) is 0 Å². The van der Waals surface area contributed by atoms with Gasteiger partial charge in [0.05, 0.1) is 30.3 Å². The number of rotatable bonds is 4. The summed E-state index contributed by atoms with van der Waals surface area (Å²) >= 11 is 0. The van der Waals surface area contributed by atoms with Crippen LogP contribution in [0.3, 0.4) is 0 Å². The summed E-state index contributed by atoms with van der Waals surface area (Å²) < 4.78 is 15.3. The zero-order valence-corrected chi connectivity index (χ0v) is 15.8. The maximum atomic E-state index is 12.9. The van der Waals surface area contributed by atoms with Gasteiger partial charge in [0.1, 0.15) is 11.0 Å². The second-order valence-electron chi connectivity index (χ2n) is 6.56. The van der Waals surface area contributed by atoms with Crippen LogP contribution < -0.4 is 5.32 Å². The highest BCUT2D eigenvalue weighted by Gasteiger charge is 2.39. The van der Waals surface area contributed by atoms with Crippen LogP contribution in [0.1, 0.15) is 39.2 Å². The topological polar surface area (TPSA) is 104 Å². The minimum Gasteiger partial charge on any atom is -0.466 e. The van der Waals surface area contributed by atoms with Crippen molar-refractivity contribution in [2.24, 2.45) is 0 Å². The van der Waals surface area contributed by atoms with Crippen LogP contribution in [0.15, 0.2) is 45.4 Å². The highest BCUT2D eigenvalue weighted by Crippen LogP contribution is 2.41. The molecule has 1 unspecified atom stereocenters. The standard InChI is InChI=1S/C19H21N3O5/c1-9(2)26-19(24)15-11(4)20-10(3)14(18(23)25-5)16(15)12-7-6-8-13-17(12)22-27-21-13/h6-9,16,20H,1-5H3/i5-1. The molecule has 142 valence electrons. The molecule has 1 aliphatic heterocycles. The van der Waals surface area contributed by atoms with Gasteiger partial charge in [0.25, 0.3) is 0 Å². The number of ether oxygens (including phenoxy) is 2. The predicted molar refractivity (Wildman–Crippen MR) is 96.3 cm³/mol. The molecule has 0 amide bonds. The molecule has 2 heterocycles. The predicted octanol–water partition coefficient (Wildman–Crippen LogP) is 2.58. The van der Waals surface area contributed by atoms with E-state index < -0.39 is 17.9 Å². The van der Waals surface area contributed by atoms with Gasteiger partial charge < -0.3 is 14.8 Å². The lowest BCUT2D eigenvalue weighted by atomic mass is 9.80. The number of fused-ring (bicyclic) bond motifs is 1. The zero-order chi connectivity index (χ0) is 19.7. The molecule has 0 fully saturated rings. The lowest BCUT2D eigenvalue weighted by Crippen LogP contribution is -2.33. The van der Waals surface area contributed by atoms with Crippen LogP contribution in [0.2, 0.25) is 0 Å². The van der Waals surface area contributed by atoms with E-state index >= 15 is 0 Å². The van der Waals surface area contributed by atoms with E-state index in [4.69, 9.17) is 14.1 Å². The fourth-order valence-electron chi connectivity index (χ4n) is 3.29. The number of hydrogen-bond donors (Lipinski definition) is 1. The normalized spacial score (nSPS) is 17.3. The van der Waals surface area contributed by atoms with Crippen molar-refractivity contribution in [3.05, 3.63) is 46.3 Å². The second-order valence-corrected chi connectivity index (χ2v) is 6.56. The maximum Gasteiger partial charge on any atom is 0.337 e. The smallest absolute Gasteiger partial charge is 0.337 e. The largest absolute Gasteiger partial charge is 0.466 e. The highest BCUT2D eigenvalue weighted by molar-refractivity contribution is 6.01. The first kappa shape index (κ1) is 18.6. The van der Waals surface area contributed by atoms with E-state index in [-0.39, 0.29) is 6.10 Å². The van der Waals surface area contributed by atoms with Crippen molar-refractivity contribution in [3.63, 3.8) is 0 Å². The van der Waals surface area contributed by atoms with E-state index in [9.17, 15) is 9.59 Å². The molecule has 0 spiro atoms. The number of esters is 2. The summed E-state index contributed by atoms with van der Waals surface area (Å²) in [6.45, 7) is 7.06. The van der Waals surface area contributed by atoms with Crippen LogP contribution in [-0.4, -0.2) is 35.5 Å². The van der Waals surface area contributed by atoms with E-state index in [1.54, 1.807) is 45.9 Å². The quantitative estimate of drug-likeness (QED) is 0.819. The summed E-state index contributed by atoms with van der Waals surface area (Å²) in [5.41, 5.74) is 3.45. The Hall–Kier alpha value is -3.16. The van der Waals surface area contributed by atoms with Gasteiger partial charge in [-0.3, -0.25) is 0 Å². The van der Waals surface area contributed by atoms with Crippen molar-refractivity contribution in [1.29, 1.82) is 0 Å². The molecule has 27 heavy (non-hydrogen) atoms. The fourth-order valence-corrected chi connectivity index (χ4v) is 3.29. The van der Waals surface area contributed by atoms with Gasteiger partial charge in [-0.15, -0.1) is 0 Å². The van der Waals surface area contributed by atoms with Gasteiger partial charge in [0, 0.05) is 11.4 Å². The Bertz CT molecular complexity index is 971.